The number of likely N-dealkylation sites (tertiary alicyclic amines) is 1. The van der Waals surface area contributed by atoms with Crippen LogP contribution in [0.2, 0.25) is 5.02 Å². The third-order valence-corrected chi connectivity index (χ3v) is 9.11. The number of benzene rings is 2. The van der Waals surface area contributed by atoms with Gasteiger partial charge in [-0.05, 0) is 62.3 Å². The van der Waals surface area contributed by atoms with Gasteiger partial charge in [-0.1, -0.05) is 29.3 Å². The van der Waals surface area contributed by atoms with Gasteiger partial charge >= 0.3 is 6.03 Å². The maximum atomic E-state index is 13.5. The molecule has 180 valence electrons. The van der Waals surface area contributed by atoms with Gasteiger partial charge in [-0.25, -0.2) is 18.1 Å². The molecular weight excluding hydrogens is 510 g/mol. The van der Waals surface area contributed by atoms with Crippen molar-refractivity contribution < 1.29 is 18.0 Å². The fraction of sp³-hybridized carbons (Fsp3) is 0.304. The molecule has 35 heavy (non-hydrogen) atoms. The lowest BCUT2D eigenvalue weighted by molar-refractivity contribution is -0.120. The zero-order valence-corrected chi connectivity index (χ0v) is 21.1. The number of urea groups is 1. The lowest BCUT2D eigenvalue weighted by Crippen LogP contribution is -2.57. The Morgan fingerprint density at radius 3 is 2.51 bits per heavy atom. The molecule has 0 aliphatic carbocycles. The first-order chi connectivity index (χ1) is 16.5. The van der Waals surface area contributed by atoms with Gasteiger partial charge in [0.25, 0.3) is 15.9 Å². The summed E-state index contributed by atoms with van der Waals surface area (Å²) in [5, 5.41) is 9.39. The highest BCUT2D eigenvalue weighted by atomic mass is 35.5. The number of halogens is 1. The van der Waals surface area contributed by atoms with Gasteiger partial charge in [0.05, 0.1) is 33.3 Å². The molecule has 2 aromatic carbocycles. The van der Waals surface area contributed by atoms with Crippen LogP contribution in [0.5, 0.6) is 0 Å². The van der Waals surface area contributed by atoms with Gasteiger partial charge in [-0.3, -0.25) is 9.52 Å². The summed E-state index contributed by atoms with van der Waals surface area (Å²) in [6.45, 7) is 3.83. The van der Waals surface area contributed by atoms with E-state index in [1.807, 2.05) is 13.0 Å². The van der Waals surface area contributed by atoms with E-state index in [0.717, 1.165) is 10.5 Å². The number of thiocarbonyl (C=S) groups is 1. The predicted molar refractivity (Wildman–Crippen MR) is 132 cm³/mol. The number of carbonyl (C=O) groups is 2. The topological polar surface area (TPSA) is 114 Å². The third kappa shape index (κ3) is 3.55. The highest BCUT2D eigenvalue weighted by Crippen LogP contribution is 2.43. The summed E-state index contributed by atoms with van der Waals surface area (Å²) < 4.78 is 28.1. The van der Waals surface area contributed by atoms with Gasteiger partial charge < -0.3 is 9.80 Å². The van der Waals surface area contributed by atoms with Crippen LogP contribution in [0.1, 0.15) is 23.1 Å². The number of nitrogens with one attached hydrogen (secondary N) is 1. The number of hydrogen-bond donors (Lipinski definition) is 1. The number of sulfonamides is 1. The second-order valence-corrected chi connectivity index (χ2v) is 11.3. The average molecular weight is 530 g/mol. The van der Waals surface area contributed by atoms with Gasteiger partial charge in [-0.15, -0.1) is 0 Å². The molecule has 1 N–H and O–H groups in total. The smallest absolute Gasteiger partial charge is 0.332 e. The largest absolute Gasteiger partial charge is 0.341 e. The minimum Gasteiger partial charge on any atom is -0.341 e. The summed E-state index contributed by atoms with van der Waals surface area (Å²) in [5.41, 5.74) is 1.97. The minimum atomic E-state index is -3.90. The number of nitrogens with zero attached hydrogens (tertiary/aromatic N) is 4. The second kappa shape index (κ2) is 8.19. The highest BCUT2D eigenvalue weighted by molar-refractivity contribution is 7.91. The molecule has 0 spiro atoms. The Morgan fingerprint density at radius 2 is 1.86 bits per heavy atom. The Labute approximate surface area is 212 Å². The molecule has 2 bridgehead atoms. The van der Waals surface area contributed by atoms with E-state index in [2.05, 4.69) is 4.72 Å². The standard InChI is InChI=1S/C23H20ClN5O4S2/c1-12-3-6-16(7-4-12)35(32,33)26-22(34)27-11-15-9-18(27)20-21(30)29(23(31)28(15)20)17-8-5-14(10-25)19(24)13(17)2/h3-8,15,18,20H,9,11H2,1-2H3,(H,26,34)/t15-,18?,20-/m1/s1. The van der Waals surface area contributed by atoms with E-state index in [1.165, 1.54) is 24.3 Å². The number of anilines is 1. The monoisotopic (exact) mass is 529 g/mol. The molecule has 0 aromatic heterocycles. The normalized spacial score (nSPS) is 23.0. The lowest BCUT2D eigenvalue weighted by Gasteiger charge is -2.36. The van der Waals surface area contributed by atoms with E-state index in [1.54, 1.807) is 28.9 Å². The van der Waals surface area contributed by atoms with Crippen molar-refractivity contribution in [1.82, 2.24) is 14.5 Å². The number of fused-ring (bicyclic) bond motifs is 5. The van der Waals surface area contributed by atoms with Crippen LogP contribution < -0.4 is 9.62 Å². The van der Waals surface area contributed by atoms with E-state index < -0.39 is 34.0 Å². The van der Waals surface area contributed by atoms with E-state index >= 15 is 0 Å². The SMILES string of the molecule is Cc1ccc(S(=O)(=O)NC(=S)N2C[C@H]3CC2[C@@H]2C(=O)N(c4ccc(C#N)c(Cl)c4C)C(=O)N32)cc1. The van der Waals surface area contributed by atoms with Crippen molar-refractivity contribution in [3.8, 4) is 6.07 Å². The van der Waals surface area contributed by atoms with Crippen LogP contribution in [-0.4, -0.2) is 59.9 Å². The van der Waals surface area contributed by atoms with Gasteiger partial charge in [0.1, 0.15) is 12.1 Å². The molecule has 0 radical (unpaired) electrons. The Kier molecular flexibility index (Phi) is 5.51. The van der Waals surface area contributed by atoms with Crippen molar-refractivity contribution >= 4 is 56.6 Å². The Balaban J connectivity index is 1.39. The van der Waals surface area contributed by atoms with Crippen molar-refractivity contribution in [1.29, 1.82) is 5.26 Å². The molecular formula is C23H20ClN5O4S2. The van der Waals surface area contributed by atoms with E-state index in [9.17, 15) is 23.3 Å². The molecule has 5 rings (SSSR count). The number of rotatable bonds is 3. The summed E-state index contributed by atoms with van der Waals surface area (Å²) in [6, 6.07) is 9.40. The maximum Gasteiger partial charge on any atom is 0.332 e. The predicted octanol–water partition coefficient (Wildman–Crippen LogP) is 2.69. The molecule has 3 heterocycles. The second-order valence-electron chi connectivity index (χ2n) is 8.82. The number of nitriles is 1. The molecule has 0 saturated carbocycles. The summed E-state index contributed by atoms with van der Waals surface area (Å²) in [7, 11) is -3.90. The van der Waals surface area contributed by atoms with E-state index in [0.29, 0.717) is 24.2 Å². The number of hydrogen-bond acceptors (Lipinski definition) is 6. The van der Waals surface area contributed by atoms with Crippen molar-refractivity contribution in [3.63, 3.8) is 0 Å². The summed E-state index contributed by atoms with van der Waals surface area (Å²) in [6.07, 6.45) is 0.509. The summed E-state index contributed by atoms with van der Waals surface area (Å²) in [4.78, 5) is 31.1. The molecule has 1 unspecified atom stereocenters. The molecule has 3 aliphatic heterocycles. The Hall–Kier alpha value is -3.20. The average Bonchev–Trinajstić information content (AvgIpc) is 3.47. The van der Waals surface area contributed by atoms with Gasteiger partial charge in [-0.2, -0.15) is 5.26 Å². The molecule has 9 nitrogen and oxygen atoms in total. The van der Waals surface area contributed by atoms with Crippen LogP contribution in [0.4, 0.5) is 10.5 Å². The van der Waals surface area contributed by atoms with E-state index in [-0.39, 0.29) is 26.6 Å². The van der Waals surface area contributed by atoms with Crippen molar-refractivity contribution in [2.75, 3.05) is 11.4 Å². The van der Waals surface area contributed by atoms with Crippen molar-refractivity contribution in [3.05, 3.63) is 58.1 Å². The van der Waals surface area contributed by atoms with Crippen LogP contribution in [0.15, 0.2) is 41.3 Å². The first-order valence-corrected chi connectivity index (χ1v) is 13.1. The minimum absolute atomic E-state index is 0.00554. The first-order valence-electron chi connectivity index (χ1n) is 10.8. The van der Waals surface area contributed by atoms with Crippen LogP contribution in [-0.2, 0) is 14.8 Å². The molecule has 3 saturated heterocycles. The lowest BCUT2D eigenvalue weighted by atomic mass is 10.1. The zero-order chi connectivity index (χ0) is 25.2. The van der Waals surface area contributed by atoms with Gasteiger partial charge in [0.15, 0.2) is 5.11 Å². The van der Waals surface area contributed by atoms with Crippen LogP contribution in [0, 0.1) is 25.2 Å². The number of imide groups is 1. The van der Waals surface area contributed by atoms with Crippen molar-refractivity contribution in [2.45, 2.75) is 43.3 Å². The number of carbonyl (C=O) groups excluding carboxylic acids is 2. The third-order valence-electron chi connectivity index (χ3n) is 6.80. The molecule has 3 aliphatic rings. The van der Waals surface area contributed by atoms with Crippen LogP contribution >= 0.6 is 23.8 Å². The fourth-order valence-corrected chi connectivity index (χ4v) is 6.77. The summed E-state index contributed by atoms with van der Waals surface area (Å²) >= 11 is 11.7. The maximum absolute atomic E-state index is 13.5. The van der Waals surface area contributed by atoms with Crippen LogP contribution in [0.25, 0.3) is 0 Å². The van der Waals surface area contributed by atoms with Crippen LogP contribution in [0.3, 0.4) is 0 Å². The Bertz CT molecular complexity index is 1440. The molecule has 2 aromatic rings. The first kappa shape index (κ1) is 23.5. The molecule has 12 heteroatoms. The highest BCUT2D eigenvalue weighted by Gasteiger charge is 2.62. The number of amides is 3. The molecule has 3 atom stereocenters. The number of aryl methyl sites for hydroxylation is 1. The van der Waals surface area contributed by atoms with E-state index in [4.69, 9.17) is 23.8 Å². The van der Waals surface area contributed by atoms with Gasteiger partial charge in [0, 0.05) is 6.54 Å². The summed E-state index contributed by atoms with van der Waals surface area (Å²) in [5.74, 6) is -0.430. The van der Waals surface area contributed by atoms with Crippen molar-refractivity contribution in [2.24, 2.45) is 0 Å². The number of piperazine rings is 1. The molecule has 3 fully saturated rings. The zero-order valence-electron chi connectivity index (χ0n) is 18.7. The van der Waals surface area contributed by atoms with Gasteiger partial charge in [0.2, 0.25) is 0 Å². The fourth-order valence-electron chi connectivity index (χ4n) is 5.07. The Morgan fingerprint density at radius 1 is 1.17 bits per heavy atom. The molecule has 3 amide bonds. The quantitative estimate of drug-likeness (QED) is 0.480.